The van der Waals surface area contributed by atoms with Crippen LogP contribution in [-0.2, 0) is 11.3 Å². The van der Waals surface area contributed by atoms with Crippen molar-refractivity contribution < 1.29 is 9.66 Å². The molecule has 1 rings (SSSR count). The van der Waals surface area contributed by atoms with Gasteiger partial charge in [0.1, 0.15) is 5.02 Å². The molecule has 1 aromatic rings. The van der Waals surface area contributed by atoms with Crippen molar-refractivity contribution in [2.24, 2.45) is 5.92 Å². The van der Waals surface area contributed by atoms with Crippen molar-refractivity contribution in [2.75, 3.05) is 0 Å². The molecule has 0 amide bonds. The van der Waals surface area contributed by atoms with E-state index in [4.69, 9.17) is 16.3 Å². The SMILES string of the molecule is CC(C)CC(C)OCc1ccc(Cl)c([N+](=O)[O-])c1. The van der Waals surface area contributed by atoms with Crippen LogP contribution in [0.4, 0.5) is 5.69 Å². The standard InChI is InChI=1S/C13H18ClNO3/c1-9(2)6-10(3)18-8-11-4-5-12(14)13(7-11)15(16)17/h4-5,7,9-10H,6,8H2,1-3H3. The highest BCUT2D eigenvalue weighted by Gasteiger charge is 2.13. The molecule has 1 aromatic carbocycles. The number of nitrogens with zero attached hydrogens (tertiary/aromatic N) is 1. The molecule has 1 unspecified atom stereocenters. The molecule has 0 aliphatic heterocycles. The minimum atomic E-state index is -0.483. The lowest BCUT2D eigenvalue weighted by Gasteiger charge is -2.15. The van der Waals surface area contributed by atoms with E-state index in [9.17, 15) is 10.1 Å². The van der Waals surface area contributed by atoms with Crippen LogP contribution in [-0.4, -0.2) is 11.0 Å². The summed E-state index contributed by atoms with van der Waals surface area (Å²) in [5.74, 6) is 0.569. The fourth-order valence-corrected chi connectivity index (χ4v) is 1.94. The van der Waals surface area contributed by atoms with Gasteiger partial charge in [-0.15, -0.1) is 0 Å². The molecule has 0 radical (unpaired) electrons. The van der Waals surface area contributed by atoms with Gasteiger partial charge in [0.2, 0.25) is 0 Å². The second-order valence-corrected chi connectivity index (χ2v) is 5.20. The van der Waals surface area contributed by atoms with Gasteiger partial charge in [-0.2, -0.15) is 0 Å². The Kier molecular flexibility index (Phi) is 5.56. The first-order valence-corrected chi connectivity index (χ1v) is 6.32. The average molecular weight is 272 g/mol. The van der Waals surface area contributed by atoms with E-state index in [-0.39, 0.29) is 16.8 Å². The second kappa shape index (κ2) is 6.71. The molecular weight excluding hydrogens is 254 g/mol. The number of benzene rings is 1. The third-order valence-electron chi connectivity index (χ3n) is 2.55. The van der Waals surface area contributed by atoms with Crippen LogP contribution in [0.3, 0.4) is 0 Å². The molecule has 0 fully saturated rings. The van der Waals surface area contributed by atoms with Crippen LogP contribution in [0.15, 0.2) is 18.2 Å². The van der Waals surface area contributed by atoms with Crippen LogP contribution < -0.4 is 0 Å². The lowest BCUT2D eigenvalue weighted by Crippen LogP contribution is -2.11. The van der Waals surface area contributed by atoms with Gasteiger partial charge in [-0.1, -0.05) is 31.5 Å². The molecule has 0 bridgehead atoms. The minimum Gasteiger partial charge on any atom is -0.374 e. The quantitative estimate of drug-likeness (QED) is 0.575. The van der Waals surface area contributed by atoms with Crippen LogP contribution in [0.1, 0.15) is 32.8 Å². The van der Waals surface area contributed by atoms with Gasteiger partial charge in [-0.3, -0.25) is 10.1 Å². The Hall–Kier alpha value is -1.13. The van der Waals surface area contributed by atoms with E-state index >= 15 is 0 Å². The van der Waals surface area contributed by atoms with E-state index in [0.717, 1.165) is 12.0 Å². The zero-order valence-electron chi connectivity index (χ0n) is 10.9. The Balaban J connectivity index is 2.63. The third-order valence-corrected chi connectivity index (χ3v) is 2.86. The molecular formula is C13H18ClNO3. The largest absolute Gasteiger partial charge is 0.374 e. The summed E-state index contributed by atoms with van der Waals surface area (Å²) in [7, 11) is 0. The Morgan fingerprint density at radius 3 is 2.61 bits per heavy atom. The summed E-state index contributed by atoms with van der Waals surface area (Å²) < 4.78 is 5.65. The summed E-state index contributed by atoms with van der Waals surface area (Å²) in [5, 5.41) is 10.9. The van der Waals surface area contributed by atoms with Gasteiger partial charge < -0.3 is 4.74 Å². The van der Waals surface area contributed by atoms with Crippen LogP contribution in [0.5, 0.6) is 0 Å². The van der Waals surface area contributed by atoms with E-state index in [1.165, 1.54) is 12.1 Å². The minimum absolute atomic E-state index is 0.0747. The third kappa shape index (κ3) is 4.63. The van der Waals surface area contributed by atoms with Crippen LogP contribution in [0, 0.1) is 16.0 Å². The Morgan fingerprint density at radius 2 is 2.06 bits per heavy atom. The molecule has 0 aliphatic carbocycles. The van der Waals surface area contributed by atoms with Gasteiger partial charge in [0.25, 0.3) is 5.69 Å². The van der Waals surface area contributed by atoms with Crippen LogP contribution in [0.25, 0.3) is 0 Å². The van der Waals surface area contributed by atoms with Crippen molar-refractivity contribution in [2.45, 2.75) is 39.9 Å². The van der Waals surface area contributed by atoms with E-state index < -0.39 is 4.92 Å². The highest BCUT2D eigenvalue weighted by atomic mass is 35.5. The van der Waals surface area contributed by atoms with Gasteiger partial charge in [0.05, 0.1) is 17.6 Å². The van der Waals surface area contributed by atoms with Crippen LogP contribution >= 0.6 is 11.6 Å². The van der Waals surface area contributed by atoms with Crippen molar-refractivity contribution in [3.05, 3.63) is 38.9 Å². The summed E-state index contributed by atoms with van der Waals surface area (Å²) in [5.41, 5.74) is 0.691. The van der Waals surface area contributed by atoms with Crippen molar-refractivity contribution in [1.82, 2.24) is 0 Å². The summed E-state index contributed by atoms with van der Waals surface area (Å²) >= 11 is 5.74. The Bertz CT molecular complexity index is 421. The molecule has 0 N–H and O–H groups in total. The number of hydrogen-bond acceptors (Lipinski definition) is 3. The molecule has 0 heterocycles. The lowest BCUT2D eigenvalue weighted by atomic mass is 10.1. The molecule has 0 aromatic heterocycles. The molecule has 0 aliphatic rings. The highest BCUT2D eigenvalue weighted by Crippen LogP contribution is 2.25. The smallest absolute Gasteiger partial charge is 0.288 e. The molecule has 0 saturated heterocycles. The number of nitro benzene ring substituents is 1. The molecule has 18 heavy (non-hydrogen) atoms. The van der Waals surface area contributed by atoms with E-state index in [1.54, 1.807) is 6.07 Å². The first-order valence-electron chi connectivity index (χ1n) is 5.94. The molecule has 5 heteroatoms. The second-order valence-electron chi connectivity index (χ2n) is 4.79. The monoisotopic (exact) mass is 271 g/mol. The van der Waals surface area contributed by atoms with E-state index in [1.807, 2.05) is 6.92 Å². The predicted octanol–water partition coefficient (Wildman–Crippen LogP) is 4.20. The number of rotatable bonds is 6. The van der Waals surface area contributed by atoms with Crippen molar-refractivity contribution in [3.8, 4) is 0 Å². The first-order chi connectivity index (χ1) is 8.40. The van der Waals surface area contributed by atoms with Gasteiger partial charge >= 0.3 is 0 Å². The zero-order valence-corrected chi connectivity index (χ0v) is 11.6. The predicted molar refractivity (Wildman–Crippen MR) is 71.8 cm³/mol. The maximum absolute atomic E-state index is 10.7. The molecule has 0 saturated carbocycles. The van der Waals surface area contributed by atoms with Gasteiger partial charge in [-0.25, -0.2) is 0 Å². The van der Waals surface area contributed by atoms with Gasteiger partial charge in [0, 0.05) is 6.07 Å². The molecule has 0 spiro atoms. The normalized spacial score (nSPS) is 12.7. The summed E-state index contributed by atoms with van der Waals surface area (Å²) in [6, 6.07) is 4.74. The fourth-order valence-electron chi connectivity index (χ4n) is 1.76. The van der Waals surface area contributed by atoms with Crippen LogP contribution in [0.2, 0.25) is 5.02 Å². The van der Waals surface area contributed by atoms with Gasteiger partial charge in [-0.05, 0) is 30.9 Å². The number of ether oxygens (including phenoxy) is 1. The summed E-state index contributed by atoms with van der Waals surface area (Å²) in [6.45, 7) is 6.64. The zero-order chi connectivity index (χ0) is 13.7. The molecule has 100 valence electrons. The lowest BCUT2D eigenvalue weighted by molar-refractivity contribution is -0.384. The highest BCUT2D eigenvalue weighted by molar-refractivity contribution is 6.32. The van der Waals surface area contributed by atoms with E-state index in [0.29, 0.717) is 12.5 Å². The maximum Gasteiger partial charge on any atom is 0.288 e. The Morgan fingerprint density at radius 1 is 1.39 bits per heavy atom. The number of halogens is 1. The summed E-state index contributed by atoms with van der Waals surface area (Å²) in [6.07, 6.45) is 1.11. The van der Waals surface area contributed by atoms with E-state index in [2.05, 4.69) is 13.8 Å². The number of hydrogen-bond donors (Lipinski definition) is 0. The fraction of sp³-hybridized carbons (Fsp3) is 0.538. The number of nitro groups is 1. The topological polar surface area (TPSA) is 52.4 Å². The first kappa shape index (κ1) is 14.9. The van der Waals surface area contributed by atoms with Gasteiger partial charge in [0.15, 0.2) is 0 Å². The summed E-state index contributed by atoms with van der Waals surface area (Å²) in [4.78, 5) is 10.3. The van der Waals surface area contributed by atoms with Crippen molar-refractivity contribution in [1.29, 1.82) is 0 Å². The Labute approximate surface area is 112 Å². The molecule has 4 nitrogen and oxygen atoms in total. The van der Waals surface area contributed by atoms with Crippen molar-refractivity contribution >= 4 is 17.3 Å². The average Bonchev–Trinajstić information content (AvgIpc) is 2.26. The maximum atomic E-state index is 10.7. The van der Waals surface area contributed by atoms with Crippen molar-refractivity contribution in [3.63, 3.8) is 0 Å². The molecule has 1 atom stereocenters.